The molecule has 0 atom stereocenters. The molecule has 12 nitrogen and oxygen atoms in total. The number of amides is 2. The lowest BCUT2D eigenvalue weighted by Gasteiger charge is -2.32. The minimum atomic E-state index is -0.530. The Morgan fingerprint density at radius 3 is 2.42 bits per heavy atom. The molecule has 202 valence electrons. The molecule has 3 aromatic rings. The Bertz CT molecular complexity index is 1280. The predicted molar refractivity (Wildman–Crippen MR) is 141 cm³/mol. The van der Waals surface area contributed by atoms with E-state index in [2.05, 4.69) is 15.0 Å². The summed E-state index contributed by atoms with van der Waals surface area (Å²) in [6.07, 6.45) is 2.40. The molecule has 2 aliphatic rings. The van der Waals surface area contributed by atoms with Crippen molar-refractivity contribution >= 4 is 34.7 Å². The van der Waals surface area contributed by atoms with Crippen molar-refractivity contribution in [2.75, 3.05) is 56.7 Å². The van der Waals surface area contributed by atoms with Gasteiger partial charge < -0.3 is 24.0 Å². The van der Waals surface area contributed by atoms with Crippen LogP contribution < -0.4 is 10.2 Å². The van der Waals surface area contributed by atoms with Crippen molar-refractivity contribution in [3.63, 3.8) is 0 Å². The third kappa shape index (κ3) is 5.49. The van der Waals surface area contributed by atoms with Gasteiger partial charge in [0.1, 0.15) is 5.82 Å². The Hall–Kier alpha value is -3.93. The zero-order chi connectivity index (χ0) is 26.6. The molecule has 1 aromatic carbocycles. The molecule has 2 fully saturated rings. The Labute approximate surface area is 220 Å². The second-order valence-corrected chi connectivity index (χ2v) is 9.64. The van der Waals surface area contributed by atoms with Crippen molar-refractivity contribution in [3.05, 3.63) is 30.5 Å². The average molecular weight is 524 g/mol. The number of rotatable bonds is 5. The summed E-state index contributed by atoms with van der Waals surface area (Å²) in [6, 6.07) is 7.42. The lowest BCUT2D eigenvalue weighted by molar-refractivity contribution is 0.0656. The highest BCUT2D eigenvalue weighted by molar-refractivity contribution is 5.89. The number of morpholine rings is 1. The minimum Gasteiger partial charge on any atom is -0.453 e. The molecule has 1 N–H and O–H groups in total. The Morgan fingerprint density at radius 2 is 1.76 bits per heavy atom. The van der Waals surface area contributed by atoms with Crippen LogP contribution in [-0.4, -0.2) is 89.4 Å². The summed E-state index contributed by atoms with van der Waals surface area (Å²) in [6.45, 7) is 7.63. The summed E-state index contributed by atoms with van der Waals surface area (Å²) in [4.78, 5) is 37.8. The molecule has 2 aliphatic heterocycles. The van der Waals surface area contributed by atoms with Crippen LogP contribution in [0.2, 0.25) is 0 Å². The summed E-state index contributed by atoms with van der Waals surface area (Å²) in [5, 5.41) is 8.29. The maximum absolute atomic E-state index is 12.4. The maximum atomic E-state index is 12.4. The standard InChI is InChI=1S/C26H33N7O5/c1-17(2)38-26(35)32-10-8-20(9-11-32)33-24-21(16-27-33)23(31-12-14-37-15-13-31)29-22(30-24)18-4-6-19(7-5-18)28-25(34)36-3/h4-7,16-17,20H,8-15H2,1-3H3,(H,28,34). The summed E-state index contributed by atoms with van der Waals surface area (Å²) in [5.74, 6) is 1.40. The van der Waals surface area contributed by atoms with Crippen molar-refractivity contribution in [1.29, 1.82) is 0 Å². The number of likely N-dealkylation sites (tertiary alicyclic amines) is 1. The van der Waals surface area contributed by atoms with Crippen molar-refractivity contribution in [2.24, 2.45) is 0 Å². The van der Waals surface area contributed by atoms with E-state index >= 15 is 0 Å². The molecule has 2 saturated heterocycles. The fourth-order valence-electron chi connectivity index (χ4n) is 4.76. The number of piperidine rings is 1. The van der Waals surface area contributed by atoms with E-state index in [9.17, 15) is 9.59 Å². The molecule has 2 aromatic heterocycles. The van der Waals surface area contributed by atoms with Gasteiger partial charge in [-0.3, -0.25) is 5.32 Å². The van der Waals surface area contributed by atoms with E-state index in [0.717, 1.165) is 48.3 Å². The monoisotopic (exact) mass is 523 g/mol. The smallest absolute Gasteiger partial charge is 0.411 e. The Kier molecular flexibility index (Phi) is 7.59. The van der Waals surface area contributed by atoms with Crippen molar-refractivity contribution in [2.45, 2.75) is 38.8 Å². The molecule has 0 aliphatic carbocycles. The normalized spacial score (nSPS) is 16.6. The van der Waals surface area contributed by atoms with E-state index in [1.807, 2.05) is 36.9 Å². The Balaban J connectivity index is 1.46. The number of nitrogens with zero attached hydrogens (tertiary/aromatic N) is 6. The quantitative estimate of drug-likeness (QED) is 0.533. The molecule has 2 amide bonds. The number of methoxy groups -OCH3 is 1. The van der Waals surface area contributed by atoms with Gasteiger partial charge >= 0.3 is 12.2 Å². The van der Waals surface area contributed by atoms with Gasteiger partial charge in [0.25, 0.3) is 0 Å². The van der Waals surface area contributed by atoms with Gasteiger partial charge in [-0.25, -0.2) is 24.2 Å². The van der Waals surface area contributed by atoms with Crippen LogP contribution in [0.5, 0.6) is 0 Å². The van der Waals surface area contributed by atoms with E-state index in [-0.39, 0.29) is 18.2 Å². The molecular formula is C26H33N7O5. The third-order valence-electron chi connectivity index (χ3n) is 6.72. The number of carbonyl (C=O) groups excluding carboxylic acids is 2. The SMILES string of the molecule is COC(=O)Nc1ccc(-c2nc(N3CCOCC3)c3cnn(C4CCN(C(=O)OC(C)C)CC4)c3n2)cc1. The van der Waals surface area contributed by atoms with Crippen LogP contribution in [0.15, 0.2) is 30.5 Å². The Morgan fingerprint density at radius 1 is 1.05 bits per heavy atom. The number of nitrogens with one attached hydrogen (secondary N) is 1. The van der Waals surface area contributed by atoms with Crippen LogP contribution in [0.1, 0.15) is 32.7 Å². The average Bonchev–Trinajstić information content (AvgIpc) is 3.37. The van der Waals surface area contributed by atoms with E-state index in [4.69, 9.17) is 24.5 Å². The van der Waals surface area contributed by atoms with Crippen LogP contribution >= 0.6 is 0 Å². The third-order valence-corrected chi connectivity index (χ3v) is 6.72. The van der Waals surface area contributed by atoms with E-state index in [1.54, 1.807) is 17.0 Å². The van der Waals surface area contributed by atoms with Crippen LogP contribution in [0.3, 0.4) is 0 Å². The van der Waals surface area contributed by atoms with Crippen molar-refractivity contribution in [1.82, 2.24) is 24.6 Å². The minimum absolute atomic E-state index is 0.0996. The summed E-state index contributed by atoms with van der Waals surface area (Å²) in [7, 11) is 1.32. The summed E-state index contributed by atoms with van der Waals surface area (Å²) < 4.78 is 17.6. The topological polar surface area (TPSA) is 124 Å². The van der Waals surface area contributed by atoms with Crippen molar-refractivity contribution in [3.8, 4) is 11.4 Å². The predicted octanol–water partition coefficient (Wildman–Crippen LogP) is 3.69. The van der Waals surface area contributed by atoms with Gasteiger partial charge in [0, 0.05) is 37.4 Å². The second-order valence-electron chi connectivity index (χ2n) is 9.64. The first-order valence-corrected chi connectivity index (χ1v) is 12.9. The summed E-state index contributed by atoms with van der Waals surface area (Å²) >= 11 is 0. The van der Waals surface area contributed by atoms with Gasteiger partial charge in [0.2, 0.25) is 0 Å². The number of anilines is 2. The molecule has 4 heterocycles. The number of hydrogen-bond donors (Lipinski definition) is 1. The fourth-order valence-corrected chi connectivity index (χ4v) is 4.76. The molecular weight excluding hydrogens is 490 g/mol. The number of carbonyl (C=O) groups is 2. The highest BCUT2D eigenvalue weighted by Gasteiger charge is 2.28. The molecule has 12 heteroatoms. The maximum Gasteiger partial charge on any atom is 0.411 e. The highest BCUT2D eigenvalue weighted by atomic mass is 16.6. The van der Waals surface area contributed by atoms with E-state index < -0.39 is 6.09 Å². The van der Waals surface area contributed by atoms with Gasteiger partial charge in [-0.2, -0.15) is 5.10 Å². The van der Waals surface area contributed by atoms with E-state index in [0.29, 0.717) is 37.8 Å². The molecule has 0 bridgehead atoms. The van der Waals surface area contributed by atoms with Gasteiger partial charge in [-0.05, 0) is 51.0 Å². The lowest BCUT2D eigenvalue weighted by atomic mass is 10.1. The first-order valence-electron chi connectivity index (χ1n) is 12.9. The lowest BCUT2D eigenvalue weighted by Crippen LogP contribution is -2.40. The fraction of sp³-hybridized carbons (Fsp3) is 0.500. The van der Waals surface area contributed by atoms with Gasteiger partial charge in [-0.15, -0.1) is 0 Å². The zero-order valence-corrected chi connectivity index (χ0v) is 21.9. The molecule has 0 unspecified atom stereocenters. The first-order chi connectivity index (χ1) is 18.4. The van der Waals surface area contributed by atoms with Crippen LogP contribution in [0.4, 0.5) is 21.1 Å². The molecule has 0 spiro atoms. The zero-order valence-electron chi connectivity index (χ0n) is 21.9. The van der Waals surface area contributed by atoms with Gasteiger partial charge in [0.05, 0.1) is 44.1 Å². The van der Waals surface area contributed by atoms with Crippen molar-refractivity contribution < 1.29 is 23.8 Å². The summed E-state index contributed by atoms with van der Waals surface area (Å²) in [5.41, 5.74) is 2.19. The van der Waals surface area contributed by atoms with E-state index in [1.165, 1.54) is 7.11 Å². The number of ether oxygens (including phenoxy) is 3. The number of fused-ring (bicyclic) bond motifs is 1. The molecule has 38 heavy (non-hydrogen) atoms. The highest BCUT2D eigenvalue weighted by Crippen LogP contribution is 2.32. The van der Waals surface area contributed by atoms with Crippen LogP contribution in [0, 0.1) is 0 Å². The van der Waals surface area contributed by atoms with Crippen LogP contribution in [0.25, 0.3) is 22.4 Å². The first kappa shape index (κ1) is 25.7. The number of hydrogen-bond acceptors (Lipinski definition) is 9. The molecule has 0 radical (unpaired) electrons. The van der Waals surface area contributed by atoms with Crippen LogP contribution in [-0.2, 0) is 14.2 Å². The molecule has 5 rings (SSSR count). The number of benzene rings is 1. The largest absolute Gasteiger partial charge is 0.453 e. The molecule has 0 saturated carbocycles. The van der Waals surface area contributed by atoms with Gasteiger partial charge in [-0.1, -0.05) is 0 Å². The van der Waals surface area contributed by atoms with Gasteiger partial charge in [0.15, 0.2) is 11.5 Å². The second kappa shape index (κ2) is 11.2. The number of aromatic nitrogens is 4.